The van der Waals surface area contributed by atoms with Gasteiger partial charge in [-0.15, -0.1) is 0 Å². The average molecular weight is 325 g/mol. The number of hydrogen-bond donors (Lipinski definition) is 0. The van der Waals surface area contributed by atoms with E-state index in [2.05, 4.69) is 5.16 Å². The van der Waals surface area contributed by atoms with Crippen LogP contribution in [0, 0.1) is 13.8 Å². The Kier molecular flexibility index (Phi) is 4.72. The molecule has 0 spiro atoms. The molecular formula is C19H19NO2S. The van der Waals surface area contributed by atoms with E-state index in [0.29, 0.717) is 5.75 Å². The van der Waals surface area contributed by atoms with Gasteiger partial charge in [-0.1, -0.05) is 65.8 Å². The van der Waals surface area contributed by atoms with Crippen molar-refractivity contribution in [1.82, 2.24) is 5.16 Å². The van der Waals surface area contributed by atoms with Crippen LogP contribution in [0.1, 0.15) is 33.4 Å². The van der Waals surface area contributed by atoms with Crippen molar-refractivity contribution in [1.29, 1.82) is 0 Å². The minimum absolute atomic E-state index is 0.161. The molecule has 0 aliphatic rings. The summed E-state index contributed by atoms with van der Waals surface area (Å²) in [6.07, 6.45) is 0. The lowest BCUT2D eigenvalue weighted by Gasteiger charge is -2.17. The van der Waals surface area contributed by atoms with Crippen LogP contribution >= 0.6 is 0 Å². The van der Waals surface area contributed by atoms with Crippen LogP contribution in [0.2, 0.25) is 0 Å². The van der Waals surface area contributed by atoms with Crippen LogP contribution < -0.4 is 0 Å². The number of hydrogen-bond acceptors (Lipinski definition) is 3. The molecule has 3 aromatic rings. The topological polar surface area (TPSA) is 43.1 Å². The van der Waals surface area contributed by atoms with Crippen LogP contribution in [0.5, 0.6) is 0 Å². The maximum absolute atomic E-state index is 13.2. The Balaban J connectivity index is 1.97. The van der Waals surface area contributed by atoms with E-state index in [-0.39, 0.29) is 5.25 Å². The summed E-state index contributed by atoms with van der Waals surface area (Å²) in [7, 11) is -1.11. The molecule has 0 radical (unpaired) electrons. The lowest BCUT2D eigenvalue weighted by molar-refractivity contribution is 0.392. The lowest BCUT2D eigenvalue weighted by atomic mass is 10.0. The van der Waals surface area contributed by atoms with Crippen LogP contribution in [-0.2, 0) is 16.6 Å². The minimum Gasteiger partial charge on any atom is -0.361 e. The molecule has 0 aliphatic heterocycles. The van der Waals surface area contributed by atoms with Gasteiger partial charge in [0.1, 0.15) is 5.76 Å². The van der Waals surface area contributed by atoms with Gasteiger partial charge in [0.25, 0.3) is 0 Å². The summed E-state index contributed by atoms with van der Waals surface area (Å²) in [4.78, 5) is 0. The number of benzene rings is 2. The Labute approximate surface area is 138 Å². The van der Waals surface area contributed by atoms with Gasteiger partial charge in [-0.25, -0.2) is 0 Å². The van der Waals surface area contributed by atoms with E-state index in [0.717, 1.165) is 28.1 Å². The summed E-state index contributed by atoms with van der Waals surface area (Å²) in [6.45, 7) is 3.76. The van der Waals surface area contributed by atoms with Gasteiger partial charge in [-0.3, -0.25) is 4.21 Å². The van der Waals surface area contributed by atoms with Gasteiger partial charge in [0.05, 0.1) is 16.7 Å². The SMILES string of the molecule is Cc1noc(C)c1C[S@](=O)C(c1ccccc1)c1ccccc1. The monoisotopic (exact) mass is 325 g/mol. The van der Waals surface area contributed by atoms with Gasteiger partial charge in [0.15, 0.2) is 0 Å². The molecule has 2 aromatic carbocycles. The maximum atomic E-state index is 13.2. The van der Waals surface area contributed by atoms with E-state index in [1.165, 1.54) is 0 Å². The van der Waals surface area contributed by atoms with Crippen LogP contribution in [0.4, 0.5) is 0 Å². The first kappa shape index (κ1) is 15.7. The third kappa shape index (κ3) is 3.42. The maximum Gasteiger partial charge on any atom is 0.138 e. The third-order valence-electron chi connectivity index (χ3n) is 3.94. The molecule has 0 saturated carbocycles. The summed E-state index contributed by atoms with van der Waals surface area (Å²) < 4.78 is 18.4. The van der Waals surface area contributed by atoms with Crippen molar-refractivity contribution in [3.63, 3.8) is 0 Å². The van der Waals surface area contributed by atoms with Crippen molar-refractivity contribution >= 4 is 10.8 Å². The molecule has 4 heteroatoms. The lowest BCUT2D eigenvalue weighted by Crippen LogP contribution is -2.11. The highest BCUT2D eigenvalue weighted by atomic mass is 32.2. The molecule has 0 saturated heterocycles. The zero-order valence-electron chi connectivity index (χ0n) is 13.2. The van der Waals surface area contributed by atoms with E-state index in [9.17, 15) is 4.21 Å². The average Bonchev–Trinajstić information content (AvgIpc) is 2.89. The Morgan fingerprint density at radius 1 is 0.957 bits per heavy atom. The first-order valence-corrected chi connectivity index (χ1v) is 8.94. The summed E-state index contributed by atoms with van der Waals surface area (Å²) in [5.41, 5.74) is 3.88. The predicted molar refractivity (Wildman–Crippen MR) is 92.6 cm³/mol. The van der Waals surface area contributed by atoms with Crippen LogP contribution in [-0.4, -0.2) is 9.37 Å². The van der Waals surface area contributed by atoms with Crippen LogP contribution in [0.15, 0.2) is 65.2 Å². The zero-order chi connectivity index (χ0) is 16.2. The van der Waals surface area contributed by atoms with Crippen LogP contribution in [0.3, 0.4) is 0 Å². The number of rotatable bonds is 5. The summed E-state index contributed by atoms with van der Waals surface area (Å²) >= 11 is 0. The first-order valence-electron chi connectivity index (χ1n) is 7.55. The fraction of sp³-hybridized carbons (Fsp3) is 0.211. The Hall–Kier alpha value is -2.20. The molecule has 1 atom stereocenters. The Morgan fingerprint density at radius 3 is 1.91 bits per heavy atom. The predicted octanol–water partition coefficient (Wildman–Crippen LogP) is 4.33. The molecule has 0 fully saturated rings. The zero-order valence-corrected chi connectivity index (χ0v) is 14.0. The molecule has 0 amide bonds. The Morgan fingerprint density at radius 2 is 1.48 bits per heavy atom. The van der Waals surface area contributed by atoms with Crippen LogP contribution in [0.25, 0.3) is 0 Å². The van der Waals surface area contributed by atoms with E-state index in [1.807, 2.05) is 74.5 Å². The van der Waals surface area contributed by atoms with Crippen molar-refractivity contribution in [3.8, 4) is 0 Å². The number of aromatic nitrogens is 1. The number of aryl methyl sites for hydroxylation is 2. The fourth-order valence-corrected chi connectivity index (χ4v) is 4.47. The molecule has 0 unspecified atom stereocenters. The van der Waals surface area contributed by atoms with E-state index < -0.39 is 10.8 Å². The molecule has 1 aromatic heterocycles. The molecule has 118 valence electrons. The van der Waals surface area contributed by atoms with Crippen molar-refractivity contribution in [2.45, 2.75) is 24.9 Å². The van der Waals surface area contributed by atoms with Crippen molar-refractivity contribution < 1.29 is 8.73 Å². The summed E-state index contributed by atoms with van der Waals surface area (Å²) in [5, 5.41) is 3.80. The standard InChI is InChI=1S/C19H19NO2S/c1-14-18(15(2)22-20-14)13-23(21)19(16-9-5-3-6-10-16)17-11-7-4-8-12-17/h3-12,19H,13H2,1-2H3/t23-/m0/s1. The molecule has 1 heterocycles. The Bertz CT molecular complexity index is 738. The molecule has 0 bridgehead atoms. The number of nitrogens with zero attached hydrogens (tertiary/aromatic N) is 1. The normalized spacial score (nSPS) is 12.5. The van der Waals surface area contributed by atoms with Gasteiger partial charge in [0, 0.05) is 16.4 Å². The minimum atomic E-state index is -1.11. The highest BCUT2D eigenvalue weighted by Gasteiger charge is 2.23. The molecule has 0 N–H and O–H groups in total. The second kappa shape index (κ2) is 6.92. The largest absolute Gasteiger partial charge is 0.361 e. The molecule has 3 rings (SSSR count). The van der Waals surface area contributed by atoms with Gasteiger partial charge in [-0.05, 0) is 25.0 Å². The van der Waals surface area contributed by atoms with Crippen molar-refractivity contribution in [3.05, 3.63) is 88.8 Å². The van der Waals surface area contributed by atoms with Gasteiger partial charge < -0.3 is 4.52 Å². The fourth-order valence-electron chi connectivity index (χ4n) is 2.69. The van der Waals surface area contributed by atoms with E-state index in [4.69, 9.17) is 4.52 Å². The highest BCUT2D eigenvalue weighted by Crippen LogP contribution is 2.30. The second-order valence-corrected chi connectivity index (χ2v) is 7.05. The van der Waals surface area contributed by atoms with Gasteiger partial charge in [0.2, 0.25) is 0 Å². The molecule has 3 nitrogen and oxygen atoms in total. The van der Waals surface area contributed by atoms with Gasteiger partial charge >= 0.3 is 0 Å². The molecule has 23 heavy (non-hydrogen) atoms. The summed E-state index contributed by atoms with van der Waals surface area (Å²) in [5.74, 6) is 1.19. The second-order valence-electron chi connectivity index (χ2n) is 5.53. The summed E-state index contributed by atoms with van der Waals surface area (Å²) in [6, 6.07) is 20.0. The smallest absolute Gasteiger partial charge is 0.138 e. The molecular weight excluding hydrogens is 306 g/mol. The van der Waals surface area contributed by atoms with Crippen molar-refractivity contribution in [2.24, 2.45) is 0 Å². The molecule has 0 aliphatic carbocycles. The third-order valence-corrected chi connectivity index (χ3v) is 5.58. The highest BCUT2D eigenvalue weighted by molar-refractivity contribution is 7.84. The quantitative estimate of drug-likeness (QED) is 0.701. The van der Waals surface area contributed by atoms with E-state index >= 15 is 0 Å². The van der Waals surface area contributed by atoms with Gasteiger partial charge in [-0.2, -0.15) is 0 Å². The van der Waals surface area contributed by atoms with Crippen molar-refractivity contribution in [2.75, 3.05) is 0 Å². The van der Waals surface area contributed by atoms with E-state index in [1.54, 1.807) is 0 Å². The first-order chi connectivity index (χ1) is 11.2.